The fourth-order valence-corrected chi connectivity index (χ4v) is 4.30. The Balaban J connectivity index is 1.50. The van der Waals surface area contributed by atoms with Gasteiger partial charge in [-0.2, -0.15) is 0 Å². The lowest BCUT2D eigenvalue weighted by atomic mass is 9.92. The normalized spacial score (nSPS) is 10.5. The number of ketones is 1. The third kappa shape index (κ3) is 4.83. The zero-order valence-electron chi connectivity index (χ0n) is 20.2. The molecule has 0 saturated carbocycles. The van der Waals surface area contributed by atoms with Crippen LogP contribution in [0.3, 0.4) is 0 Å². The third-order valence-electron chi connectivity index (χ3n) is 6.10. The van der Waals surface area contributed by atoms with Gasteiger partial charge in [-0.1, -0.05) is 103 Å². The van der Waals surface area contributed by atoms with Crippen molar-refractivity contribution in [2.45, 2.75) is 0 Å². The summed E-state index contributed by atoms with van der Waals surface area (Å²) in [6.45, 7) is 0. The molecule has 5 rings (SSSR count). The first-order valence-electron chi connectivity index (χ1n) is 11.9. The first-order chi connectivity index (χ1) is 18.5. The highest BCUT2D eigenvalue weighted by Crippen LogP contribution is 2.29. The number of nitrogens with zero attached hydrogens (tertiary/aromatic N) is 1. The molecule has 4 aromatic carbocycles. The lowest BCUT2D eigenvalue weighted by Gasteiger charge is -2.13. The number of rotatable bonds is 6. The Morgan fingerprint density at radius 1 is 0.553 bits per heavy atom. The molecular formula is C32H22N2O4. The molecule has 0 bridgehead atoms. The van der Waals surface area contributed by atoms with E-state index < -0.39 is 17.7 Å². The summed E-state index contributed by atoms with van der Waals surface area (Å²) < 4.78 is 5.26. The van der Waals surface area contributed by atoms with Crippen molar-refractivity contribution in [3.05, 3.63) is 144 Å². The van der Waals surface area contributed by atoms with Crippen LogP contribution in [0.4, 0.5) is 5.82 Å². The second-order valence-corrected chi connectivity index (χ2v) is 8.45. The predicted octanol–water partition coefficient (Wildman–Crippen LogP) is 6.23. The van der Waals surface area contributed by atoms with Crippen molar-refractivity contribution in [1.29, 1.82) is 0 Å². The van der Waals surface area contributed by atoms with E-state index in [-0.39, 0.29) is 22.5 Å². The smallest absolute Gasteiger partial charge is 0.350 e. The molecule has 38 heavy (non-hydrogen) atoms. The first-order valence-corrected chi connectivity index (χ1v) is 11.9. The number of carbonyl (C=O) groups excluding carboxylic acids is 3. The topological polar surface area (TPSA) is 99.3 Å². The molecule has 0 fully saturated rings. The number of hydrogen-bond donors (Lipinski definition) is 1. The summed E-state index contributed by atoms with van der Waals surface area (Å²) in [5.41, 5.74) is 9.30. The van der Waals surface area contributed by atoms with Gasteiger partial charge in [0.2, 0.25) is 0 Å². The number of ether oxygens (including phenoxy) is 1. The Hall–Kier alpha value is -5.36. The average molecular weight is 499 g/mol. The van der Waals surface area contributed by atoms with Crippen LogP contribution in [0.25, 0.3) is 22.3 Å². The minimum Gasteiger partial charge on any atom is -0.386 e. The Morgan fingerprint density at radius 2 is 1.05 bits per heavy atom. The van der Waals surface area contributed by atoms with Crippen molar-refractivity contribution < 1.29 is 19.1 Å². The van der Waals surface area contributed by atoms with Gasteiger partial charge in [-0.05, 0) is 34.4 Å². The van der Waals surface area contributed by atoms with E-state index in [0.29, 0.717) is 16.7 Å². The number of esters is 2. The molecule has 1 heterocycles. The van der Waals surface area contributed by atoms with E-state index in [1.807, 2.05) is 72.8 Å². The number of benzene rings is 4. The van der Waals surface area contributed by atoms with Crippen molar-refractivity contribution in [3.8, 4) is 22.3 Å². The van der Waals surface area contributed by atoms with Gasteiger partial charge in [-0.3, -0.25) is 4.79 Å². The van der Waals surface area contributed by atoms with Crippen molar-refractivity contribution in [2.24, 2.45) is 0 Å². The van der Waals surface area contributed by atoms with Crippen LogP contribution in [0, 0.1) is 0 Å². The minimum absolute atomic E-state index is 0.00461. The van der Waals surface area contributed by atoms with Gasteiger partial charge in [0.05, 0.1) is 5.56 Å². The van der Waals surface area contributed by atoms with Crippen LogP contribution in [0.2, 0.25) is 0 Å². The Morgan fingerprint density at radius 3 is 1.66 bits per heavy atom. The standard InChI is InChI=1S/C32H22N2O4/c33-30-28(32(37)38-31(36)26-18-10-8-16-24(26)22-13-5-2-6-14-22)27(19-20-34-30)29(35)25-17-9-7-15-23(25)21-11-3-1-4-12-21/h1-20H,(H2,33,34). The molecule has 1 aromatic heterocycles. The van der Waals surface area contributed by atoms with E-state index in [2.05, 4.69) is 4.98 Å². The fourth-order valence-electron chi connectivity index (χ4n) is 4.30. The maximum Gasteiger partial charge on any atom is 0.350 e. The second-order valence-electron chi connectivity index (χ2n) is 8.45. The summed E-state index contributed by atoms with van der Waals surface area (Å²) in [6.07, 6.45) is 1.34. The van der Waals surface area contributed by atoms with Crippen LogP contribution in [-0.4, -0.2) is 22.7 Å². The summed E-state index contributed by atoms with van der Waals surface area (Å²) >= 11 is 0. The van der Waals surface area contributed by atoms with Crippen LogP contribution in [0.5, 0.6) is 0 Å². The summed E-state index contributed by atoms with van der Waals surface area (Å²) in [4.78, 5) is 44.1. The van der Waals surface area contributed by atoms with Gasteiger partial charge in [0.25, 0.3) is 0 Å². The van der Waals surface area contributed by atoms with Gasteiger partial charge in [0.15, 0.2) is 5.78 Å². The fraction of sp³-hybridized carbons (Fsp3) is 0. The second kappa shape index (κ2) is 10.7. The zero-order valence-corrected chi connectivity index (χ0v) is 20.2. The van der Waals surface area contributed by atoms with Crippen LogP contribution < -0.4 is 5.73 Å². The van der Waals surface area contributed by atoms with Crippen molar-refractivity contribution in [3.63, 3.8) is 0 Å². The van der Waals surface area contributed by atoms with E-state index in [4.69, 9.17) is 10.5 Å². The van der Waals surface area contributed by atoms with E-state index in [9.17, 15) is 14.4 Å². The van der Waals surface area contributed by atoms with Crippen LogP contribution >= 0.6 is 0 Å². The van der Waals surface area contributed by atoms with Crippen LogP contribution in [-0.2, 0) is 4.74 Å². The highest BCUT2D eigenvalue weighted by molar-refractivity contribution is 6.19. The Bertz CT molecular complexity index is 1650. The number of nitrogen functional groups attached to an aromatic ring is 1. The van der Waals surface area contributed by atoms with Crippen LogP contribution in [0.1, 0.15) is 36.6 Å². The van der Waals surface area contributed by atoms with E-state index in [0.717, 1.165) is 11.1 Å². The molecule has 2 N–H and O–H groups in total. The monoisotopic (exact) mass is 498 g/mol. The van der Waals surface area contributed by atoms with Crippen LogP contribution in [0.15, 0.2) is 121 Å². The summed E-state index contributed by atoms with van der Waals surface area (Å²) in [6, 6.07) is 34.0. The largest absolute Gasteiger partial charge is 0.386 e. The molecule has 184 valence electrons. The van der Waals surface area contributed by atoms with E-state index >= 15 is 0 Å². The number of aromatic nitrogens is 1. The lowest BCUT2D eigenvalue weighted by molar-refractivity contribution is 0.0397. The molecule has 0 saturated heterocycles. The number of carbonyl (C=O) groups is 3. The van der Waals surface area contributed by atoms with Gasteiger partial charge in [0.1, 0.15) is 11.4 Å². The Labute approximate surface area is 219 Å². The SMILES string of the molecule is Nc1nccc(C(=O)c2ccccc2-c2ccccc2)c1C(=O)OC(=O)c1ccccc1-c1ccccc1. The lowest BCUT2D eigenvalue weighted by Crippen LogP contribution is -2.20. The quantitative estimate of drug-likeness (QED) is 0.169. The summed E-state index contributed by atoms with van der Waals surface area (Å²) in [5, 5.41) is 0. The molecule has 0 aliphatic carbocycles. The van der Waals surface area contributed by atoms with Gasteiger partial charge in [-0.15, -0.1) is 0 Å². The van der Waals surface area contributed by atoms with Crippen molar-refractivity contribution in [2.75, 3.05) is 5.73 Å². The molecule has 0 aliphatic rings. The van der Waals surface area contributed by atoms with Crippen molar-refractivity contribution >= 4 is 23.5 Å². The van der Waals surface area contributed by atoms with E-state index in [1.165, 1.54) is 12.3 Å². The molecule has 0 amide bonds. The molecule has 5 aromatic rings. The zero-order chi connectivity index (χ0) is 26.5. The number of pyridine rings is 1. The summed E-state index contributed by atoms with van der Waals surface area (Å²) in [7, 11) is 0. The number of hydrogen-bond acceptors (Lipinski definition) is 6. The maximum atomic E-state index is 13.7. The van der Waals surface area contributed by atoms with Gasteiger partial charge in [-0.25, -0.2) is 14.6 Å². The highest BCUT2D eigenvalue weighted by atomic mass is 16.6. The minimum atomic E-state index is -1.05. The van der Waals surface area contributed by atoms with E-state index in [1.54, 1.807) is 36.4 Å². The molecule has 6 nitrogen and oxygen atoms in total. The predicted molar refractivity (Wildman–Crippen MR) is 146 cm³/mol. The Kier molecular flexibility index (Phi) is 6.87. The highest BCUT2D eigenvalue weighted by Gasteiger charge is 2.27. The molecule has 0 radical (unpaired) electrons. The van der Waals surface area contributed by atoms with Gasteiger partial charge in [0, 0.05) is 17.3 Å². The van der Waals surface area contributed by atoms with Crippen molar-refractivity contribution in [1.82, 2.24) is 4.98 Å². The molecule has 0 spiro atoms. The summed E-state index contributed by atoms with van der Waals surface area (Å²) in [5.74, 6) is -2.56. The average Bonchev–Trinajstić information content (AvgIpc) is 2.97. The molecule has 0 aliphatic heterocycles. The number of anilines is 1. The molecule has 0 atom stereocenters. The third-order valence-corrected chi connectivity index (χ3v) is 6.10. The number of nitrogens with two attached hydrogens (primary N) is 1. The first kappa shape index (κ1) is 24.3. The molecular weight excluding hydrogens is 476 g/mol. The van der Waals surface area contributed by atoms with Gasteiger partial charge < -0.3 is 10.5 Å². The maximum absolute atomic E-state index is 13.7. The molecule has 6 heteroatoms. The van der Waals surface area contributed by atoms with Gasteiger partial charge >= 0.3 is 11.9 Å². The molecule has 0 unspecified atom stereocenters.